The Morgan fingerprint density at radius 2 is 2.00 bits per heavy atom. The molecule has 0 bridgehead atoms. The summed E-state index contributed by atoms with van der Waals surface area (Å²) >= 11 is 0. The fourth-order valence-corrected chi connectivity index (χ4v) is 2.58. The van der Waals surface area contributed by atoms with Gasteiger partial charge in [-0.2, -0.15) is 0 Å². The van der Waals surface area contributed by atoms with E-state index in [2.05, 4.69) is 29.4 Å². The van der Waals surface area contributed by atoms with E-state index < -0.39 is 0 Å². The number of ketones is 1. The predicted octanol–water partition coefficient (Wildman–Crippen LogP) is 3.25. The first kappa shape index (κ1) is 19.6. The van der Waals surface area contributed by atoms with Crippen LogP contribution < -0.4 is 10.1 Å². The van der Waals surface area contributed by atoms with Gasteiger partial charge in [0.1, 0.15) is 11.8 Å². The molecule has 140 valence electrons. The number of hydrogen-bond donors (Lipinski definition) is 1. The first-order valence-electron chi connectivity index (χ1n) is 8.65. The van der Waals surface area contributed by atoms with E-state index >= 15 is 0 Å². The maximum absolute atomic E-state index is 12.3. The number of Topliss-reactive ketones (excluding diaryl/α,β-unsaturated/α-hetero) is 1. The van der Waals surface area contributed by atoms with Gasteiger partial charge in [-0.05, 0) is 24.5 Å². The second kappa shape index (κ2) is 9.12. The maximum Gasteiger partial charge on any atom is 0.238 e. The largest absolute Gasteiger partial charge is 0.497 e. The van der Waals surface area contributed by atoms with E-state index in [4.69, 9.17) is 9.15 Å². The molecule has 7 heteroatoms. The second-order valence-corrected chi connectivity index (χ2v) is 6.56. The molecule has 1 amide bonds. The molecule has 7 nitrogen and oxygen atoms in total. The Labute approximate surface area is 153 Å². The van der Waals surface area contributed by atoms with E-state index in [1.165, 1.54) is 0 Å². The molecule has 0 fully saturated rings. The Hall–Kier alpha value is -2.70. The number of carbonyl (C=O) groups is 2. The molecule has 0 aliphatic rings. The van der Waals surface area contributed by atoms with Crippen molar-refractivity contribution in [3.63, 3.8) is 0 Å². The predicted molar refractivity (Wildman–Crippen MR) is 95.9 cm³/mol. The van der Waals surface area contributed by atoms with Crippen molar-refractivity contribution in [1.29, 1.82) is 0 Å². The Morgan fingerprint density at radius 1 is 1.23 bits per heavy atom. The van der Waals surface area contributed by atoms with Crippen LogP contribution in [0.1, 0.15) is 61.3 Å². The van der Waals surface area contributed by atoms with Gasteiger partial charge in [0.15, 0.2) is 5.78 Å². The molecular formula is C19H25N3O4. The first-order chi connectivity index (χ1) is 12.4. The molecule has 0 radical (unpaired) electrons. The summed E-state index contributed by atoms with van der Waals surface area (Å²) in [6, 6.07) is 6.56. The normalized spacial score (nSPS) is 12.0. The number of amides is 1. The van der Waals surface area contributed by atoms with Crippen molar-refractivity contribution in [1.82, 2.24) is 15.5 Å². The van der Waals surface area contributed by atoms with Crippen molar-refractivity contribution in [3.8, 4) is 5.75 Å². The number of aromatic nitrogens is 2. The van der Waals surface area contributed by atoms with Crippen LogP contribution in [0.4, 0.5) is 0 Å². The Kier molecular flexibility index (Phi) is 6.89. The number of nitrogens with zero attached hydrogens (tertiary/aromatic N) is 2. The molecule has 0 aliphatic carbocycles. The number of carbonyl (C=O) groups excluding carboxylic acids is 2. The summed E-state index contributed by atoms with van der Waals surface area (Å²) in [7, 11) is 1.55. The van der Waals surface area contributed by atoms with E-state index in [1.54, 1.807) is 38.3 Å². The van der Waals surface area contributed by atoms with Crippen molar-refractivity contribution >= 4 is 11.7 Å². The molecule has 0 saturated carbocycles. The van der Waals surface area contributed by atoms with Crippen LogP contribution in [0.25, 0.3) is 0 Å². The highest BCUT2D eigenvalue weighted by Gasteiger charge is 2.22. The van der Waals surface area contributed by atoms with Gasteiger partial charge in [0.2, 0.25) is 17.7 Å². The fraction of sp³-hybridized carbons (Fsp3) is 0.474. The van der Waals surface area contributed by atoms with E-state index in [-0.39, 0.29) is 30.6 Å². The summed E-state index contributed by atoms with van der Waals surface area (Å²) in [6.45, 7) is 5.81. The third-order valence-corrected chi connectivity index (χ3v) is 3.85. The second-order valence-electron chi connectivity index (χ2n) is 6.56. The smallest absolute Gasteiger partial charge is 0.238 e. The molecule has 26 heavy (non-hydrogen) atoms. The highest BCUT2D eigenvalue weighted by Crippen LogP contribution is 2.21. The summed E-state index contributed by atoms with van der Waals surface area (Å²) < 4.78 is 10.6. The number of aryl methyl sites for hydroxylation is 1. The third-order valence-electron chi connectivity index (χ3n) is 3.85. The van der Waals surface area contributed by atoms with E-state index in [0.29, 0.717) is 35.4 Å². The van der Waals surface area contributed by atoms with E-state index in [9.17, 15) is 9.59 Å². The van der Waals surface area contributed by atoms with Crippen molar-refractivity contribution < 1.29 is 18.7 Å². The van der Waals surface area contributed by atoms with Gasteiger partial charge in [-0.25, -0.2) is 0 Å². The first-order valence-corrected chi connectivity index (χ1v) is 8.65. The zero-order valence-electron chi connectivity index (χ0n) is 15.6. The summed E-state index contributed by atoms with van der Waals surface area (Å²) in [5.74, 6) is 1.48. The summed E-state index contributed by atoms with van der Waals surface area (Å²) in [5.41, 5.74) is 0.531. The maximum atomic E-state index is 12.3. The molecule has 1 unspecified atom stereocenters. The Balaban J connectivity index is 1.93. The van der Waals surface area contributed by atoms with Gasteiger partial charge in [0.05, 0.1) is 7.11 Å². The van der Waals surface area contributed by atoms with Gasteiger partial charge in [-0.1, -0.05) is 26.0 Å². The molecule has 1 aromatic heterocycles. The van der Waals surface area contributed by atoms with Crippen LogP contribution in [0.2, 0.25) is 0 Å². The molecule has 0 saturated heterocycles. The van der Waals surface area contributed by atoms with Crippen LogP contribution in [-0.4, -0.2) is 29.0 Å². The average molecular weight is 359 g/mol. The van der Waals surface area contributed by atoms with Gasteiger partial charge in [0.25, 0.3) is 0 Å². The number of nitrogens with one attached hydrogen (secondary N) is 1. The van der Waals surface area contributed by atoms with Gasteiger partial charge >= 0.3 is 0 Å². The molecule has 1 aromatic carbocycles. The SMILES string of the molecule is COc1cccc(C(=O)CCC(=O)NC(CC(C)C)c2nnc(C)o2)c1. The molecular weight excluding hydrogens is 334 g/mol. The van der Waals surface area contributed by atoms with Crippen LogP contribution in [0, 0.1) is 12.8 Å². The summed E-state index contributed by atoms with van der Waals surface area (Å²) in [4.78, 5) is 24.6. The lowest BCUT2D eigenvalue weighted by atomic mass is 10.0. The molecule has 1 atom stereocenters. The number of rotatable bonds is 9. The number of methoxy groups -OCH3 is 1. The molecule has 0 spiro atoms. The zero-order chi connectivity index (χ0) is 19.1. The molecule has 2 rings (SSSR count). The number of hydrogen-bond acceptors (Lipinski definition) is 6. The molecule has 1 N–H and O–H groups in total. The molecule has 1 heterocycles. The van der Waals surface area contributed by atoms with Crippen molar-refractivity contribution in [2.75, 3.05) is 7.11 Å². The highest BCUT2D eigenvalue weighted by molar-refractivity contribution is 5.98. The number of ether oxygens (including phenoxy) is 1. The topological polar surface area (TPSA) is 94.3 Å². The van der Waals surface area contributed by atoms with E-state index in [1.807, 2.05) is 0 Å². The van der Waals surface area contributed by atoms with Gasteiger partial charge in [-0.3, -0.25) is 9.59 Å². The monoisotopic (exact) mass is 359 g/mol. The Morgan fingerprint density at radius 3 is 2.62 bits per heavy atom. The number of benzene rings is 1. The van der Waals surface area contributed by atoms with Crippen LogP contribution >= 0.6 is 0 Å². The zero-order valence-corrected chi connectivity index (χ0v) is 15.6. The van der Waals surface area contributed by atoms with Crippen molar-refractivity contribution in [2.45, 2.75) is 46.1 Å². The fourth-order valence-electron chi connectivity index (χ4n) is 2.58. The standard InChI is InChI=1S/C19H25N3O4/c1-12(2)10-16(19-22-21-13(3)26-19)20-18(24)9-8-17(23)14-6-5-7-15(11-14)25-4/h5-7,11-12,16H,8-10H2,1-4H3,(H,20,24). The average Bonchev–Trinajstić information content (AvgIpc) is 3.05. The van der Waals surface area contributed by atoms with Gasteiger partial charge in [-0.15, -0.1) is 10.2 Å². The minimum absolute atomic E-state index is 0.0950. The van der Waals surface area contributed by atoms with Crippen LogP contribution in [0.15, 0.2) is 28.7 Å². The van der Waals surface area contributed by atoms with Gasteiger partial charge < -0.3 is 14.5 Å². The van der Waals surface area contributed by atoms with E-state index in [0.717, 1.165) is 0 Å². The lowest BCUT2D eigenvalue weighted by Gasteiger charge is -2.17. The van der Waals surface area contributed by atoms with Crippen molar-refractivity contribution in [2.24, 2.45) is 5.92 Å². The van der Waals surface area contributed by atoms with Crippen molar-refractivity contribution in [3.05, 3.63) is 41.6 Å². The minimum atomic E-state index is -0.351. The third kappa shape index (κ3) is 5.68. The molecule has 0 aliphatic heterocycles. The quantitative estimate of drug-likeness (QED) is 0.691. The van der Waals surface area contributed by atoms with Crippen LogP contribution in [-0.2, 0) is 4.79 Å². The summed E-state index contributed by atoms with van der Waals surface area (Å²) in [5, 5.41) is 10.7. The minimum Gasteiger partial charge on any atom is -0.497 e. The summed E-state index contributed by atoms with van der Waals surface area (Å²) in [6.07, 6.45) is 0.894. The van der Waals surface area contributed by atoms with Crippen LogP contribution in [0.5, 0.6) is 5.75 Å². The van der Waals surface area contributed by atoms with Gasteiger partial charge in [0, 0.05) is 25.3 Å². The lowest BCUT2D eigenvalue weighted by molar-refractivity contribution is -0.122. The highest BCUT2D eigenvalue weighted by atomic mass is 16.5. The Bertz CT molecular complexity index is 755. The van der Waals surface area contributed by atoms with Crippen LogP contribution in [0.3, 0.4) is 0 Å². The lowest BCUT2D eigenvalue weighted by Crippen LogP contribution is -2.30. The molecule has 2 aromatic rings.